The zero-order valence-corrected chi connectivity index (χ0v) is 13.7. The van der Waals surface area contributed by atoms with Gasteiger partial charge in [0.2, 0.25) is 0 Å². The molecule has 2 amide bonds. The molecule has 0 spiro atoms. The van der Waals surface area contributed by atoms with Crippen molar-refractivity contribution in [3.63, 3.8) is 0 Å². The molecule has 1 aliphatic heterocycles. The maximum Gasteiger partial charge on any atom is 0.261 e. The Labute approximate surface area is 140 Å². The molecule has 1 unspecified atom stereocenters. The van der Waals surface area contributed by atoms with Crippen LogP contribution in [0.1, 0.15) is 52.0 Å². The van der Waals surface area contributed by atoms with Crippen molar-refractivity contribution in [3.8, 4) is 0 Å². The van der Waals surface area contributed by atoms with Crippen molar-refractivity contribution in [2.24, 2.45) is 0 Å². The number of hydrogen-bond acceptors (Lipinski definition) is 2. The van der Waals surface area contributed by atoms with Crippen LogP contribution in [0.5, 0.6) is 0 Å². The number of carbonyl (C=O) groups excluding carboxylic acids is 2. The fraction of sp³-hybridized carbons (Fsp3) is 0.263. The molecule has 0 saturated heterocycles. The Hall–Kier alpha value is -2.13. The maximum atomic E-state index is 12.5. The molecular weight excluding hydrogens is 310 g/mol. The average Bonchev–Trinajstić information content (AvgIpc) is 2.80. The van der Waals surface area contributed by atoms with E-state index < -0.39 is 0 Å². The molecule has 1 aliphatic rings. The molecule has 3 nitrogen and oxygen atoms in total. The van der Waals surface area contributed by atoms with E-state index in [-0.39, 0.29) is 17.7 Å². The normalized spacial score (nSPS) is 15.0. The molecule has 0 bridgehead atoms. The number of imide groups is 1. The summed E-state index contributed by atoms with van der Waals surface area (Å²) in [5.74, 6) is -0.263. The second-order valence-corrected chi connectivity index (χ2v) is 6.24. The van der Waals surface area contributed by atoms with Gasteiger partial charge in [-0.25, -0.2) is 0 Å². The quantitative estimate of drug-likeness (QED) is 0.757. The van der Waals surface area contributed by atoms with Crippen LogP contribution in [0.4, 0.5) is 0 Å². The topological polar surface area (TPSA) is 37.4 Å². The van der Waals surface area contributed by atoms with Crippen molar-refractivity contribution in [3.05, 3.63) is 70.2 Å². The third-order valence-corrected chi connectivity index (χ3v) is 4.51. The smallest absolute Gasteiger partial charge is 0.261 e. The molecule has 0 fully saturated rings. The molecule has 1 atom stereocenters. The Morgan fingerprint density at radius 2 is 1.52 bits per heavy atom. The van der Waals surface area contributed by atoms with E-state index in [4.69, 9.17) is 11.6 Å². The van der Waals surface area contributed by atoms with Crippen LogP contribution in [0.2, 0.25) is 5.02 Å². The minimum absolute atomic E-state index is 0.125. The summed E-state index contributed by atoms with van der Waals surface area (Å²) in [7, 11) is 0. The highest BCUT2D eigenvalue weighted by Gasteiger charge is 2.36. The highest BCUT2D eigenvalue weighted by molar-refractivity contribution is 6.30. The molecule has 4 heteroatoms. The maximum absolute atomic E-state index is 12.5. The van der Waals surface area contributed by atoms with Crippen molar-refractivity contribution in [2.75, 3.05) is 6.54 Å². The van der Waals surface area contributed by atoms with Gasteiger partial charge in [0, 0.05) is 17.5 Å². The number of fused-ring (bicyclic) bond motifs is 1. The molecule has 0 aromatic heterocycles. The Kier molecular flexibility index (Phi) is 4.49. The van der Waals surface area contributed by atoms with Crippen LogP contribution in [0.15, 0.2) is 48.5 Å². The predicted molar refractivity (Wildman–Crippen MR) is 90.9 cm³/mol. The van der Waals surface area contributed by atoms with Crippen molar-refractivity contribution in [2.45, 2.75) is 25.7 Å². The van der Waals surface area contributed by atoms with Crippen LogP contribution >= 0.6 is 11.6 Å². The average molecular weight is 328 g/mol. The van der Waals surface area contributed by atoms with Crippen molar-refractivity contribution < 1.29 is 9.59 Å². The first-order valence-electron chi connectivity index (χ1n) is 7.82. The Morgan fingerprint density at radius 3 is 2.04 bits per heavy atom. The van der Waals surface area contributed by atoms with Crippen LogP contribution < -0.4 is 0 Å². The molecule has 1 heterocycles. The molecule has 23 heavy (non-hydrogen) atoms. The lowest BCUT2D eigenvalue weighted by Crippen LogP contribution is -2.33. The zero-order valence-electron chi connectivity index (χ0n) is 13.0. The lowest BCUT2D eigenvalue weighted by Gasteiger charge is -2.22. The first kappa shape index (κ1) is 15.8. The molecule has 0 saturated carbocycles. The number of benzene rings is 2. The largest absolute Gasteiger partial charge is 0.274 e. The molecule has 118 valence electrons. The van der Waals surface area contributed by atoms with Crippen LogP contribution in [0, 0.1) is 0 Å². The third kappa shape index (κ3) is 3.02. The van der Waals surface area contributed by atoms with Crippen molar-refractivity contribution >= 4 is 23.4 Å². The van der Waals surface area contributed by atoms with Gasteiger partial charge in [0.1, 0.15) is 0 Å². The minimum atomic E-state index is -0.194. The SMILES string of the molecule is CCCC(CN1C(=O)c2ccccc2C1=O)c1ccc(Cl)cc1. The van der Waals surface area contributed by atoms with Crippen molar-refractivity contribution in [1.29, 1.82) is 0 Å². The van der Waals surface area contributed by atoms with Gasteiger partial charge >= 0.3 is 0 Å². The summed E-state index contributed by atoms with van der Waals surface area (Å²) in [4.78, 5) is 26.4. The number of amides is 2. The Balaban J connectivity index is 1.85. The van der Waals surface area contributed by atoms with E-state index in [1.165, 1.54) is 4.90 Å². The molecule has 0 aliphatic carbocycles. The summed E-state index contributed by atoms with van der Waals surface area (Å²) in [5.41, 5.74) is 2.11. The summed E-state index contributed by atoms with van der Waals surface area (Å²) in [6, 6.07) is 14.7. The van der Waals surface area contributed by atoms with Crippen LogP contribution in [0.3, 0.4) is 0 Å². The fourth-order valence-electron chi connectivity index (χ4n) is 3.07. The van der Waals surface area contributed by atoms with E-state index in [1.807, 2.05) is 24.3 Å². The number of carbonyl (C=O) groups is 2. The summed E-state index contributed by atoms with van der Waals surface area (Å²) in [5, 5.41) is 0.685. The monoisotopic (exact) mass is 327 g/mol. The number of rotatable bonds is 5. The van der Waals surface area contributed by atoms with Gasteiger partial charge in [0.05, 0.1) is 11.1 Å². The number of halogens is 1. The van der Waals surface area contributed by atoms with E-state index in [2.05, 4.69) is 6.92 Å². The summed E-state index contributed by atoms with van der Waals surface area (Å²) < 4.78 is 0. The lowest BCUT2D eigenvalue weighted by atomic mass is 9.94. The van der Waals surface area contributed by atoms with Gasteiger partial charge in [-0.15, -0.1) is 0 Å². The van der Waals surface area contributed by atoms with E-state index in [9.17, 15) is 9.59 Å². The zero-order chi connectivity index (χ0) is 16.4. The lowest BCUT2D eigenvalue weighted by molar-refractivity contribution is 0.0642. The van der Waals surface area contributed by atoms with Gasteiger partial charge < -0.3 is 0 Å². The van der Waals surface area contributed by atoms with Crippen LogP contribution in [-0.4, -0.2) is 23.3 Å². The van der Waals surface area contributed by atoms with Crippen molar-refractivity contribution in [1.82, 2.24) is 4.90 Å². The van der Waals surface area contributed by atoms with Gasteiger partial charge in [0.15, 0.2) is 0 Å². The second kappa shape index (κ2) is 6.55. The molecule has 2 aromatic rings. The summed E-state index contributed by atoms with van der Waals surface area (Å²) >= 11 is 5.95. The number of nitrogens with zero attached hydrogens (tertiary/aromatic N) is 1. The van der Waals surface area contributed by atoms with E-state index in [0.29, 0.717) is 22.7 Å². The molecular formula is C19H18ClNO2. The van der Waals surface area contributed by atoms with Gasteiger partial charge in [-0.1, -0.05) is 49.2 Å². The molecule has 0 radical (unpaired) electrons. The van der Waals surface area contributed by atoms with Gasteiger partial charge in [-0.2, -0.15) is 0 Å². The van der Waals surface area contributed by atoms with Crippen LogP contribution in [-0.2, 0) is 0 Å². The highest BCUT2D eigenvalue weighted by atomic mass is 35.5. The molecule has 3 rings (SSSR count). The van der Waals surface area contributed by atoms with E-state index >= 15 is 0 Å². The summed E-state index contributed by atoms with van der Waals surface area (Å²) in [6.07, 6.45) is 1.89. The van der Waals surface area contributed by atoms with Gasteiger partial charge in [-0.3, -0.25) is 14.5 Å². The van der Waals surface area contributed by atoms with Gasteiger partial charge in [0.25, 0.3) is 11.8 Å². The fourth-order valence-corrected chi connectivity index (χ4v) is 3.20. The second-order valence-electron chi connectivity index (χ2n) is 5.80. The first-order chi connectivity index (χ1) is 11.1. The Bertz CT molecular complexity index is 704. The third-order valence-electron chi connectivity index (χ3n) is 4.26. The first-order valence-corrected chi connectivity index (χ1v) is 8.20. The molecule has 0 N–H and O–H groups in total. The molecule has 2 aromatic carbocycles. The highest BCUT2D eigenvalue weighted by Crippen LogP contribution is 2.29. The number of hydrogen-bond donors (Lipinski definition) is 0. The van der Waals surface area contributed by atoms with E-state index in [1.54, 1.807) is 24.3 Å². The van der Waals surface area contributed by atoms with E-state index in [0.717, 1.165) is 18.4 Å². The standard InChI is InChI=1S/C19H18ClNO2/c1-2-5-14(13-8-10-15(20)11-9-13)12-21-18(22)16-6-3-4-7-17(16)19(21)23/h3-4,6-11,14H,2,5,12H2,1H3. The van der Waals surface area contributed by atoms with Gasteiger partial charge in [-0.05, 0) is 36.2 Å². The van der Waals surface area contributed by atoms with Crippen LogP contribution in [0.25, 0.3) is 0 Å². The summed E-state index contributed by atoms with van der Waals surface area (Å²) in [6.45, 7) is 2.51. The predicted octanol–water partition coefficient (Wildman–Crippen LogP) is 4.52. The Morgan fingerprint density at radius 1 is 0.957 bits per heavy atom. The minimum Gasteiger partial charge on any atom is -0.274 e.